The minimum absolute atomic E-state index is 0.0880. The Hall–Kier alpha value is -0.420. The third kappa shape index (κ3) is 5.92. The standard InChI is InChI=1S/C15H28O4S/c1-3-19-15(13-9-6-5-7-10-13)14(16)11-8-12-20(17,18)4-2/h13,15H,3-12H2,1-2H3. The fourth-order valence-corrected chi connectivity index (χ4v) is 3.73. The van der Waals surface area contributed by atoms with Gasteiger partial charge >= 0.3 is 0 Å². The van der Waals surface area contributed by atoms with E-state index in [9.17, 15) is 13.2 Å². The molecule has 1 unspecified atom stereocenters. The van der Waals surface area contributed by atoms with Crippen molar-refractivity contribution in [3.8, 4) is 0 Å². The third-order valence-electron chi connectivity index (χ3n) is 4.06. The van der Waals surface area contributed by atoms with Crippen molar-refractivity contribution in [3.05, 3.63) is 0 Å². The Morgan fingerprint density at radius 2 is 1.85 bits per heavy atom. The van der Waals surface area contributed by atoms with E-state index in [-0.39, 0.29) is 23.4 Å². The van der Waals surface area contributed by atoms with Gasteiger partial charge in [0.2, 0.25) is 0 Å². The number of sulfone groups is 1. The van der Waals surface area contributed by atoms with Gasteiger partial charge in [0, 0.05) is 18.8 Å². The zero-order valence-corrected chi connectivity index (χ0v) is 13.6. The summed E-state index contributed by atoms with van der Waals surface area (Å²) in [5.74, 6) is 0.682. The first-order valence-corrected chi connectivity index (χ1v) is 9.67. The summed E-state index contributed by atoms with van der Waals surface area (Å²) in [4.78, 5) is 12.3. The fourth-order valence-electron chi connectivity index (χ4n) is 2.86. The van der Waals surface area contributed by atoms with Crippen molar-refractivity contribution in [1.29, 1.82) is 0 Å². The summed E-state index contributed by atoms with van der Waals surface area (Å²) < 4.78 is 28.5. The van der Waals surface area contributed by atoms with Crippen LogP contribution in [0.5, 0.6) is 0 Å². The van der Waals surface area contributed by atoms with Crippen LogP contribution in [-0.4, -0.2) is 38.4 Å². The van der Waals surface area contributed by atoms with Crippen LogP contribution in [0.2, 0.25) is 0 Å². The summed E-state index contributed by atoms with van der Waals surface area (Å²) >= 11 is 0. The Morgan fingerprint density at radius 3 is 2.40 bits per heavy atom. The van der Waals surface area contributed by atoms with Crippen LogP contribution in [0.4, 0.5) is 0 Å². The molecule has 5 heteroatoms. The van der Waals surface area contributed by atoms with Crippen LogP contribution in [0.25, 0.3) is 0 Å². The summed E-state index contributed by atoms with van der Waals surface area (Å²) in [5.41, 5.74) is 0. The van der Waals surface area contributed by atoms with Crippen LogP contribution in [0.15, 0.2) is 0 Å². The molecule has 1 aliphatic carbocycles. The third-order valence-corrected chi connectivity index (χ3v) is 5.85. The predicted octanol–water partition coefficient (Wildman–Crippen LogP) is 2.76. The lowest BCUT2D eigenvalue weighted by Gasteiger charge is -2.29. The van der Waals surface area contributed by atoms with Crippen molar-refractivity contribution in [2.45, 2.75) is 64.9 Å². The largest absolute Gasteiger partial charge is 0.370 e. The van der Waals surface area contributed by atoms with E-state index in [1.807, 2.05) is 6.92 Å². The second kappa shape index (κ2) is 8.78. The van der Waals surface area contributed by atoms with Crippen molar-refractivity contribution in [3.63, 3.8) is 0 Å². The Balaban J connectivity index is 2.47. The van der Waals surface area contributed by atoms with Gasteiger partial charge in [0.05, 0.1) is 5.75 Å². The molecule has 0 bridgehead atoms. The summed E-state index contributed by atoms with van der Waals surface area (Å²) in [6.45, 7) is 4.09. The average molecular weight is 304 g/mol. The van der Waals surface area contributed by atoms with Crippen molar-refractivity contribution < 1.29 is 17.9 Å². The van der Waals surface area contributed by atoms with Crippen LogP contribution < -0.4 is 0 Å². The van der Waals surface area contributed by atoms with Gasteiger partial charge in [-0.2, -0.15) is 0 Å². The minimum atomic E-state index is -2.97. The number of ether oxygens (including phenoxy) is 1. The van der Waals surface area contributed by atoms with Crippen LogP contribution in [-0.2, 0) is 19.4 Å². The highest BCUT2D eigenvalue weighted by Crippen LogP contribution is 2.29. The summed E-state index contributed by atoms with van der Waals surface area (Å²) in [6, 6.07) is 0. The lowest BCUT2D eigenvalue weighted by molar-refractivity contribution is -0.134. The number of hydrogen-bond acceptors (Lipinski definition) is 4. The first kappa shape index (κ1) is 17.6. The van der Waals surface area contributed by atoms with Crippen molar-refractivity contribution in [1.82, 2.24) is 0 Å². The molecule has 1 rings (SSSR count). The van der Waals surface area contributed by atoms with Crippen molar-refractivity contribution in [2.24, 2.45) is 5.92 Å². The van der Waals surface area contributed by atoms with Gasteiger partial charge in [-0.05, 0) is 32.1 Å². The average Bonchev–Trinajstić information content (AvgIpc) is 2.45. The molecule has 1 aliphatic rings. The smallest absolute Gasteiger partial charge is 0.161 e. The van der Waals surface area contributed by atoms with E-state index in [0.29, 0.717) is 25.4 Å². The zero-order valence-electron chi connectivity index (χ0n) is 12.8. The normalized spacial score (nSPS) is 18.9. The maximum absolute atomic E-state index is 12.3. The van der Waals surface area contributed by atoms with E-state index in [0.717, 1.165) is 12.8 Å². The molecule has 0 saturated heterocycles. The van der Waals surface area contributed by atoms with Crippen LogP contribution in [0.3, 0.4) is 0 Å². The number of hydrogen-bond donors (Lipinski definition) is 0. The lowest BCUT2D eigenvalue weighted by atomic mass is 9.83. The molecule has 0 amide bonds. The monoisotopic (exact) mass is 304 g/mol. The fraction of sp³-hybridized carbons (Fsp3) is 0.933. The second-order valence-corrected chi connectivity index (χ2v) is 8.05. The van der Waals surface area contributed by atoms with Gasteiger partial charge in [-0.3, -0.25) is 4.79 Å². The van der Waals surface area contributed by atoms with Crippen molar-refractivity contribution >= 4 is 15.6 Å². The quantitative estimate of drug-likeness (QED) is 0.657. The van der Waals surface area contributed by atoms with E-state index in [1.54, 1.807) is 6.92 Å². The summed E-state index contributed by atoms with van der Waals surface area (Å²) in [6.07, 6.45) is 6.14. The van der Waals surface area contributed by atoms with Gasteiger partial charge in [0.15, 0.2) is 5.78 Å². The lowest BCUT2D eigenvalue weighted by Crippen LogP contribution is -2.34. The molecule has 0 heterocycles. The van der Waals surface area contributed by atoms with E-state index >= 15 is 0 Å². The molecule has 0 aliphatic heterocycles. The summed E-state index contributed by atoms with van der Waals surface area (Å²) in [5, 5.41) is 0. The molecule has 0 aromatic heterocycles. The molecule has 1 fully saturated rings. The number of Topliss-reactive ketones (excluding diaryl/α,β-unsaturated/α-hetero) is 1. The molecular weight excluding hydrogens is 276 g/mol. The molecule has 0 aromatic carbocycles. The Kier molecular flexibility index (Phi) is 7.74. The number of carbonyl (C=O) groups is 1. The van der Waals surface area contributed by atoms with Gasteiger partial charge in [-0.1, -0.05) is 26.2 Å². The van der Waals surface area contributed by atoms with Gasteiger partial charge in [0.25, 0.3) is 0 Å². The predicted molar refractivity (Wildman–Crippen MR) is 80.6 cm³/mol. The highest BCUT2D eigenvalue weighted by atomic mass is 32.2. The minimum Gasteiger partial charge on any atom is -0.370 e. The molecule has 0 radical (unpaired) electrons. The first-order chi connectivity index (χ1) is 9.50. The van der Waals surface area contributed by atoms with Gasteiger partial charge < -0.3 is 4.74 Å². The van der Waals surface area contributed by atoms with E-state index in [1.165, 1.54) is 19.3 Å². The number of ketones is 1. The van der Waals surface area contributed by atoms with Crippen LogP contribution in [0, 0.1) is 5.92 Å². The van der Waals surface area contributed by atoms with Gasteiger partial charge in [-0.25, -0.2) is 8.42 Å². The first-order valence-electron chi connectivity index (χ1n) is 7.85. The molecule has 0 aromatic rings. The van der Waals surface area contributed by atoms with Crippen molar-refractivity contribution in [2.75, 3.05) is 18.1 Å². The zero-order chi connectivity index (χ0) is 15.0. The molecule has 4 nitrogen and oxygen atoms in total. The Bertz CT molecular complexity index is 383. The molecule has 1 saturated carbocycles. The topological polar surface area (TPSA) is 60.4 Å². The molecule has 1 atom stereocenters. The SMILES string of the molecule is CCOC(C(=O)CCCS(=O)(=O)CC)C1CCCCC1. The summed E-state index contributed by atoms with van der Waals surface area (Å²) in [7, 11) is -2.97. The van der Waals surface area contributed by atoms with Gasteiger partial charge in [0.1, 0.15) is 15.9 Å². The molecule has 118 valence electrons. The molecule has 20 heavy (non-hydrogen) atoms. The molecule has 0 spiro atoms. The maximum atomic E-state index is 12.3. The van der Waals surface area contributed by atoms with Crippen LogP contribution >= 0.6 is 0 Å². The van der Waals surface area contributed by atoms with E-state index in [2.05, 4.69) is 0 Å². The molecular formula is C15H28O4S. The van der Waals surface area contributed by atoms with E-state index < -0.39 is 9.84 Å². The highest BCUT2D eigenvalue weighted by molar-refractivity contribution is 7.91. The molecule has 0 N–H and O–H groups in total. The number of carbonyl (C=O) groups excluding carboxylic acids is 1. The van der Waals surface area contributed by atoms with Crippen LogP contribution in [0.1, 0.15) is 58.8 Å². The maximum Gasteiger partial charge on any atom is 0.161 e. The second-order valence-electron chi connectivity index (χ2n) is 5.58. The Labute approximate surface area is 123 Å². The van der Waals surface area contributed by atoms with E-state index in [4.69, 9.17) is 4.74 Å². The highest BCUT2D eigenvalue weighted by Gasteiger charge is 2.29. The Morgan fingerprint density at radius 1 is 1.20 bits per heavy atom. The number of rotatable bonds is 9. The van der Waals surface area contributed by atoms with Gasteiger partial charge in [-0.15, -0.1) is 0 Å².